The van der Waals surface area contributed by atoms with Crippen molar-refractivity contribution in [2.24, 2.45) is 11.8 Å². The number of carboxylic acids is 1. The molecule has 0 spiro atoms. The molecule has 2 rings (SSSR count). The quantitative estimate of drug-likeness (QED) is 0.568. The van der Waals surface area contributed by atoms with Gasteiger partial charge in [0.05, 0.1) is 28.5 Å². The molecule has 0 aliphatic heterocycles. The van der Waals surface area contributed by atoms with E-state index in [0.717, 1.165) is 18.2 Å². The maximum absolute atomic E-state index is 12.4. The predicted octanol–water partition coefficient (Wildman–Crippen LogP) is 3.37. The fourth-order valence-electron chi connectivity index (χ4n) is 2.98. The van der Waals surface area contributed by atoms with E-state index in [4.69, 9.17) is 0 Å². The van der Waals surface area contributed by atoms with E-state index in [9.17, 15) is 38.0 Å². The number of non-ortho nitro benzene ring substituents is 1. The molecule has 1 amide bonds. The lowest BCUT2D eigenvalue weighted by molar-refractivity contribution is -0.384. The van der Waals surface area contributed by atoms with E-state index in [1.165, 1.54) is 0 Å². The summed E-state index contributed by atoms with van der Waals surface area (Å²) in [6.07, 6.45) is -2.62. The molecular formula is C16H17F3N2O6. The summed E-state index contributed by atoms with van der Waals surface area (Å²) < 4.78 is 41.4. The van der Waals surface area contributed by atoms with Gasteiger partial charge in [-0.1, -0.05) is 12.8 Å². The fourth-order valence-corrected chi connectivity index (χ4v) is 2.98. The zero-order chi connectivity index (χ0) is 20.2. The molecule has 1 aromatic rings. The van der Waals surface area contributed by atoms with Gasteiger partial charge in [-0.25, -0.2) is 0 Å². The van der Waals surface area contributed by atoms with Crippen LogP contribution in [-0.2, 0) is 9.59 Å². The summed E-state index contributed by atoms with van der Waals surface area (Å²) in [7, 11) is 0. The van der Waals surface area contributed by atoms with Gasteiger partial charge in [0.1, 0.15) is 5.75 Å². The van der Waals surface area contributed by atoms with Gasteiger partial charge in [-0.15, -0.1) is 0 Å². The molecule has 0 radical (unpaired) electrons. The maximum Gasteiger partial charge on any atom is 0.422 e. The van der Waals surface area contributed by atoms with Gasteiger partial charge >= 0.3 is 12.1 Å². The largest absolute Gasteiger partial charge is 0.484 e. The number of hydrogen-bond acceptors (Lipinski definition) is 5. The molecule has 1 aromatic carbocycles. The summed E-state index contributed by atoms with van der Waals surface area (Å²) in [6, 6.07) is 2.80. The number of aliphatic carboxylic acids is 1. The standard InChI is InChI=1S/C16H17F3N2O6/c17-16(18,19)8-27-11-6-9(5-10(7-11)21(25)26)20-14(22)12-3-1-2-4-13(12)15(23)24/h5-7,12-13H,1-4,8H2,(H,20,22)(H,23,24)/t12-,13-/m1/s1. The van der Waals surface area contributed by atoms with Gasteiger partial charge in [-0.05, 0) is 12.8 Å². The number of alkyl halides is 3. The van der Waals surface area contributed by atoms with Gasteiger partial charge in [0.15, 0.2) is 6.61 Å². The topological polar surface area (TPSA) is 119 Å². The number of amides is 1. The van der Waals surface area contributed by atoms with E-state index < -0.39 is 52.9 Å². The number of nitro benzene ring substituents is 1. The van der Waals surface area contributed by atoms with Gasteiger partial charge in [0.2, 0.25) is 5.91 Å². The van der Waals surface area contributed by atoms with Crippen LogP contribution < -0.4 is 10.1 Å². The Bertz CT molecular complexity index is 737. The number of nitro groups is 1. The SMILES string of the molecule is O=C(O)[C@@H]1CCCC[C@H]1C(=O)Nc1cc(OCC(F)(F)F)cc([N+](=O)[O-])c1. The van der Waals surface area contributed by atoms with E-state index in [2.05, 4.69) is 10.1 Å². The number of carboxylic acid groups (broad SMARTS) is 1. The van der Waals surface area contributed by atoms with Crippen LogP contribution in [0.2, 0.25) is 0 Å². The number of anilines is 1. The first-order valence-corrected chi connectivity index (χ1v) is 8.09. The minimum Gasteiger partial charge on any atom is -0.484 e. The van der Waals surface area contributed by atoms with Crippen molar-refractivity contribution in [2.45, 2.75) is 31.9 Å². The minimum absolute atomic E-state index is 0.138. The first-order valence-electron chi connectivity index (χ1n) is 8.09. The number of rotatable bonds is 6. The predicted molar refractivity (Wildman–Crippen MR) is 86.4 cm³/mol. The second kappa shape index (κ2) is 8.23. The van der Waals surface area contributed by atoms with Crippen LogP contribution in [0.4, 0.5) is 24.5 Å². The van der Waals surface area contributed by atoms with Crippen molar-refractivity contribution in [1.82, 2.24) is 0 Å². The molecule has 1 saturated carbocycles. The van der Waals surface area contributed by atoms with Gasteiger partial charge in [0, 0.05) is 12.1 Å². The Morgan fingerprint density at radius 1 is 1.22 bits per heavy atom. The maximum atomic E-state index is 12.4. The van der Waals surface area contributed by atoms with Crippen molar-refractivity contribution in [2.75, 3.05) is 11.9 Å². The summed E-state index contributed by atoms with van der Waals surface area (Å²) in [5.74, 6) is -3.89. The van der Waals surface area contributed by atoms with E-state index in [-0.39, 0.29) is 5.69 Å². The smallest absolute Gasteiger partial charge is 0.422 e. The van der Waals surface area contributed by atoms with Gasteiger partial charge < -0.3 is 15.2 Å². The van der Waals surface area contributed by atoms with Gasteiger partial charge in [0.25, 0.3) is 5.69 Å². The average molecular weight is 390 g/mol. The lowest BCUT2D eigenvalue weighted by atomic mass is 9.78. The molecular weight excluding hydrogens is 373 g/mol. The Hall–Kier alpha value is -2.85. The lowest BCUT2D eigenvalue weighted by Crippen LogP contribution is -2.36. The van der Waals surface area contributed by atoms with Crippen LogP contribution in [0, 0.1) is 22.0 Å². The van der Waals surface area contributed by atoms with Gasteiger partial charge in [-0.3, -0.25) is 19.7 Å². The first kappa shape index (κ1) is 20.5. The van der Waals surface area contributed by atoms with Crippen LogP contribution in [-0.4, -0.2) is 34.7 Å². The van der Waals surface area contributed by atoms with Crippen molar-refractivity contribution < 1.29 is 37.5 Å². The van der Waals surface area contributed by atoms with Crippen LogP contribution >= 0.6 is 0 Å². The van der Waals surface area contributed by atoms with Crippen molar-refractivity contribution in [3.63, 3.8) is 0 Å². The summed E-state index contributed by atoms with van der Waals surface area (Å²) >= 11 is 0. The van der Waals surface area contributed by atoms with Crippen molar-refractivity contribution >= 4 is 23.3 Å². The molecule has 1 aliphatic rings. The number of ether oxygens (including phenoxy) is 1. The van der Waals surface area contributed by atoms with Crippen LogP contribution in [0.25, 0.3) is 0 Å². The van der Waals surface area contributed by atoms with Crippen molar-refractivity contribution in [3.8, 4) is 5.75 Å². The third kappa shape index (κ3) is 5.83. The highest BCUT2D eigenvalue weighted by atomic mass is 19.4. The second-order valence-electron chi connectivity index (χ2n) is 6.20. The van der Waals surface area contributed by atoms with E-state index in [0.29, 0.717) is 25.7 Å². The van der Waals surface area contributed by atoms with E-state index in [1.54, 1.807) is 0 Å². The minimum atomic E-state index is -4.63. The highest BCUT2D eigenvalue weighted by Crippen LogP contribution is 2.33. The Balaban J connectivity index is 2.20. The molecule has 2 N–H and O–H groups in total. The number of carbonyl (C=O) groups is 2. The van der Waals surface area contributed by atoms with Gasteiger partial charge in [-0.2, -0.15) is 13.2 Å². The van der Waals surface area contributed by atoms with Crippen LogP contribution in [0.1, 0.15) is 25.7 Å². The highest BCUT2D eigenvalue weighted by molar-refractivity contribution is 5.95. The van der Waals surface area contributed by atoms with Crippen molar-refractivity contribution in [3.05, 3.63) is 28.3 Å². The molecule has 148 valence electrons. The third-order valence-electron chi connectivity index (χ3n) is 4.19. The first-order chi connectivity index (χ1) is 12.6. The van der Waals surface area contributed by atoms with Crippen LogP contribution in [0.5, 0.6) is 5.75 Å². The summed E-state index contributed by atoms with van der Waals surface area (Å²) in [6.45, 7) is -1.65. The molecule has 0 unspecified atom stereocenters. The molecule has 0 bridgehead atoms. The normalized spacial score (nSPS) is 20.0. The molecule has 11 heteroatoms. The molecule has 27 heavy (non-hydrogen) atoms. The molecule has 8 nitrogen and oxygen atoms in total. The zero-order valence-electron chi connectivity index (χ0n) is 14.0. The second-order valence-corrected chi connectivity index (χ2v) is 6.20. The zero-order valence-corrected chi connectivity index (χ0v) is 14.0. The summed E-state index contributed by atoms with van der Waals surface area (Å²) in [5, 5.41) is 22.6. The lowest BCUT2D eigenvalue weighted by Gasteiger charge is -2.27. The molecule has 1 fully saturated rings. The molecule has 1 aliphatic carbocycles. The highest BCUT2D eigenvalue weighted by Gasteiger charge is 2.36. The van der Waals surface area contributed by atoms with Crippen LogP contribution in [0.3, 0.4) is 0 Å². The van der Waals surface area contributed by atoms with E-state index in [1.807, 2.05) is 0 Å². The number of carbonyl (C=O) groups excluding carboxylic acids is 1. The average Bonchev–Trinajstić information content (AvgIpc) is 2.59. The molecule has 0 aromatic heterocycles. The number of hydrogen-bond donors (Lipinski definition) is 2. The van der Waals surface area contributed by atoms with E-state index >= 15 is 0 Å². The number of benzene rings is 1. The summed E-state index contributed by atoms with van der Waals surface area (Å²) in [5.41, 5.74) is -0.704. The third-order valence-corrected chi connectivity index (χ3v) is 4.19. The van der Waals surface area contributed by atoms with Crippen LogP contribution in [0.15, 0.2) is 18.2 Å². The monoisotopic (exact) mass is 390 g/mol. The number of nitrogens with zero attached hydrogens (tertiary/aromatic N) is 1. The summed E-state index contributed by atoms with van der Waals surface area (Å²) in [4.78, 5) is 33.9. The Kier molecular flexibility index (Phi) is 6.24. The Morgan fingerprint density at radius 3 is 2.41 bits per heavy atom. The fraction of sp³-hybridized carbons (Fsp3) is 0.500. The molecule has 0 heterocycles. The number of halogens is 3. The molecule has 0 saturated heterocycles. The number of nitrogens with one attached hydrogen (secondary N) is 1. The Morgan fingerprint density at radius 2 is 1.85 bits per heavy atom. The molecule has 2 atom stereocenters. The Labute approximate surface area is 151 Å². The van der Waals surface area contributed by atoms with Crippen molar-refractivity contribution in [1.29, 1.82) is 0 Å².